The van der Waals surface area contributed by atoms with Crippen LogP contribution in [0.15, 0.2) is 84.3 Å². The SMILES string of the molecule is CC1=C(C(=O)Nc2ccc(C)cc2C)C(c2ccc(OCc3ccccc3F)cc2)n2ncnc2N1. The standard InChI is InChI=1S/C28H26FN5O2/c1-17-8-13-24(18(2)14-17)33-27(35)25-19(3)32-28-30-16-31-34(28)26(25)20-9-11-22(12-10-20)36-15-21-6-4-5-7-23(21)29/h4-14,16,26H,15H2,1-3H3,(H,33,35)(H,30,31,32). The molecular formula is C28H26FN5O2. The summed E-state index contributed by atoms with van der Waals surface area (Å²) in [5, 5.41) is 10.6. The Bertz CT molecular complexity index is 1460. The van der Waals surface area contributed by atoms with Crippen molar-refractivity contribution in [3.05, 3.63) is 112 Å². The zero-order valence-corrected chi connectivity index (χ0v) is 20.2. The molecule has 1 atom stereocenters. The molecule has 0 radical (unpaired) electrons. The fourth-order valence-corrected chi connectivity index (χ4v) is 4.36. The van der Waals surface area contributed by atoms with E-state index >= 15 is 0 Å². The quantitative estimate of drug-likeness (QED) is 0.376. The number of carbonyl (C=O) groups is 1. The van der Waals surface area contributed by atoms with Gasteiger partial charge in [0.2, 0.25) is 5.95 Å². The molecule has 4 aromatic rings. The second-order valence-electron chi connectivity index (χ2n) is 8.82. The first-order valence-corrected chi connectivity index (χ1v) is 11.6. The van der Waals surface area contributed by atoms with Crippen molar-refractivity contribution in [2.24, 2.45) is 0 Å². The van der Waals surface area contributed by atoms with Gasteiger partial charge < -0.3 is 15.4 Å². The maximum absolute atomic E-state index is 13.9. The summed E-state index contributed by atoms with van der Waals surface area (Å²) < 4.78 is 21.4. The lowest BCUT2D eigenvalue weighted by molar-refractivity contribution is -0.113. The molecule has 1 amide bonds. The van der Waals surface area contributed by atoms with E-state index in [1.807, 2.05) is 63.2 Å². The number of hydrogen-bond donors (Lipinski definition) is 2. The van der Waals surface area contributed by atoms with Gasteiger partial charge in [0.1, 0.15) is 30.5 Å². The fourth-order valence-electron chi connectivity index (χ4n) is 4.36. The average molecular weight is 484 g/mol. The first-order valence-electron chi connectivity index (χ1n) is 11.6. The molecule has 0 fully saturated rings. The number of benzene rings is 3. The minimum Gasteiger partial charge on any atom is -0.489 e. The molecule has 1 aliphatic rings. The summed E-state index contributed by atoms with van der Waals surface area (Å²) in [4.78, 5) is 17.8. The van der Waals surface area contributed by atoms with Crippen molar-refractivity contribution >= 4 is 17.5 Å². The van der Waals surface area contributed by atoms with Crippen molar-refractivity contribution in [1.29, 1.82) is 0 Å². The molecule has 7 nitrogen and oxygen atoms in total. The van der Waals surface area contributed by atoms with Gasteiger partial charge in [0.25, 0.3) is 5.91 Å². The first-order chi connectivity index (χ1) is 17.4. The van der Waals surface area contributed by atoms with E-state index in [1.165, 1.54) is 12.4 Å². The van der Waals surface area contributed by atoms with Gasteiger partial charge in [-0.25, -0.2) is 9.07 Å². The summed E-state index contributed by atoms with van der Waals surface area (Å²) in [6, 6.07) is 19.3. The number of nitrogens with zero attached hydrogens (tertiary/aromatic N) is 3. The normalized spacial score (nSPS) is 14.7. The Balaban J connectivity index is 1.42. The Morgan fingerprint density at radius 3 is 2.61 bits per heavy atom. The predicted molar refractivity (Wildman–Crippen MR) is 136 cm³/mol. The van der Waals surface area contributed by atoms with E-state index < -0.39 is 6.04 Å². The van der Waals surface area contributed by atoms with Crippen LogP contribution in [0, 0.1) is 19.7 Å². The first kappa shape index (κ1) is 23.3. The van der Waals surface area contributed by atoms with E-state index in [0.29, 0.717) is 28.5 Å². The fraction of sp³-hybridized carbons (Fsp3) is 0.179. The van der Waals surface area contributed by atoms with Crippen molar-refractivity contribution in [2.75, 3.05) is 10.6 Å². The van der Waals surface area contributed by atoms with Crippen LogP contribution in [0.25, 0.3) is 0 Å². The van der Waals surface area contributed by atoms with Crippen LogP contribution in [-0.4, -0.2) is 20.7 Å². The number of carbonyl (C=O) groups excluding carboxylic acids is 1. The maximum Gasteiger partial charge on any atom is 0.255 e. The summed E-state index contributed by atoms with van der Waals surface area (Å²) in [5.41, 5.74) is 5.42. The number of halogens is 1. The topological polar surface area (TPSA) is 81.1 Å². The monoisotopic (exact) mass is 483 g/mol. The molecule has 182 valence electrons. The van der Waals surface area contributed by atoms with Crippen LogP contribution in [0.3, 0.4) is 0 Å². The molecule has 3 aromatic carbocycles. The van der Waals surface area contributed by atoms with Crippen LogP contribution < -0.4 is 15.4 Å². The van der Waals surface area contributed by atoms with Gasteiger partial charge in [-0.2, -0.15) is 10.1 Å². The number of ether oxygens (including phenoxy) is 1. The van der Waals surface area contributed by atoms with Gasteiger partial charge >= 0.3 is 0 Å². The van der Waals surface area contributed by atoms with Gasteiger partial charge in [-0.05, 0) is 56.2 Å². The Morgan fingerprint density at radius 1 is 1.08 bits per heavy atom. The number of fused-ring (bicyclic) bond motifs is 1. The Kier molecular flexibility index (Phi) is 6.25. The van der Waals surface area contributed by atoms with Gasteiger partial charge in [-0.15, -0.1) is 0 Å². The van der Waals surface area contributed by atoms with Crippen LogP contribution in [-0.2, 0) is 11.4 Å². The zero-order valence-electron chi connectivity index (χ0n) is 20.2. The molecule has 2 heterocycles. The molecule has 0 aliphatic carbocycles. The summed E-state index contributed by atoms with van der Waals surface area (Å²) in [5.74, 6) is 0.623. The average Bonchev–Trinajstić information content (AvgIpc) is 3.33. The molecule has 1 unspecified atom stereocenters. The Hall–Kier alpha value is -4.46. The van der Waals surface area contributed by atoms with Crippen molar-refractivity contribution < 1.29 is 13.9 Å². The molecule has 1 aliphatic heterocycles. The molecule has 0 bridgehead atoms. The number of amides is 1. The summed E-state index contributed by atoms with van der Waals surface area (Å²) in [6.07, 6.45) is 1.46. The van der Waals surface area contributed by atoms with E-state index in [1.54, 1.807) is 22.9 Å². The lowest BCUT2D eigenvalue weighted by Gasteiger charge is -2.29. The van der Waals surface area contributed by atoms with Gasteiger partial charge in [0.05, 0.1) is 5.57 Å². The number of anilines is 2. The largest absolute Gasteiger partial charge is 0.489 e. The third-order valence-electron chi connectivity index (χ3n) is 6.22. The molecule has 0 spiro atoms. The molecule has 1 aromatic heterocycles. The lowest BCUT2D eigenvalue weighted by Crippen LogP contribution is -2.31. The highest BCUT2D eigenvalue weighted by molar-refractivity contribution is 6.06. The van der Waals surface area contributed by atoms with E-state index in [-0.39, 0.29) is 18.3 Å². The highest BCUT2D eigenvalue weighted by atomic mass is 19.1. The molecule has 0 saturated carbocycles. The molecule has 36 heavy (non-hydrogen) atoms. The number of nitrogens with one attached hydrogen (secondary N) is 2. The van der Waals surface area contributed by atoms with Crippen LogP contribution in [0.2, 0.25) is 0 Å². The highest BCUT2D eigenvalue weighted by Crippen LogP contribution is 2.36. The van der Waals surface area contributed by atoms with Crippen LogP contribution >= 0.6 is 0 Å². The molecule has 2 N–H and O–H groups in total. The molecule has 0 saturated heterocycles. The molecular weight excluding hydrogens is 457 g/mol. The van der Waals surface area contributed by atoms with Gasteiger partial charge in [0.15, 0.2) is 0 Å². The second-order valence-corrected chi connectivity index (χ2v) is 8.82. The van der Waals surface area contributed by atoms with E-state index in [4.69, 9.17) is 4.74 Å². The Labute approximate surface area is 208 Å². The molecule has 8 heteroatoms. The minimum absolute atomic E-state index is 0.120. The summed E-state index contributed by atoms with van der Waals surface area (Å²) >= 11 is 0. The number of aryl methyl sites for hydroxylation is 2. The molecule has 5 rings (SSSR count). The van der Waals surface area contributed by atoms with Gasteiger partial charge in [-0.1, -0.05) is 48.0 Å². The maximum atomic E-state index is 13.9. The van der Waals surface area contributed by atoms with Crippen LogP contribution in [0.1, 0.15) is 35.2 Å². The highest BCUT2D eigenvalue weighted by Gasteiger charge is 2.33. The minimum atomic E-state index is -0.491. The van der Waals surface area contributed by atoms with Crippen LogP contribution in [0.5, 0.6) is 5.75 Å². The number of rotatable bonds is 6. The summed E-state index contributed by atoms with van der Waals surface area (Å²) in [6.45, 7) is 5.96. The van der Waals surface area contributed by atoms with Crippen molar-refractivity contribution in [3.8, 4) is 5.75 Å². The third kappa shape index (κ3) is 4.57. The third-order valence-corrected chi connectivity index (χ3v) is 6.22. The number of allylic oxidation sites excluding steroid dienone is 1. The van der Waals surface area contributed by atoms with Crippen LogP contribution in [0.4, 0.5) is 16.0 Å². The predicted octanol–water partition coefficient (Wildman–Crippen LogP) is 5.54. The number of aromatic nitrogens is 3. The Morgan fingerprint density at radius 2 is 1.86 bits per heavy atom. The summed E-state index contributed by atoms with van der Waals surface area (Å²) in [7, 11) is 0. The van der Waals surface area contributed by atoms with E-state index in [9.17, 15) is 9.18 Å². The van der Waals surface area contributed by atoms with E-state index in [2.05, 4.69) is 20.7 Å². The van der Waals surface area contributed by atoms with Crippen molar-refractivity contribution in [3.63, 3.8) is 0 Å². The van der Waals surface area contributed by atoms with Crippen molar-refractivity contribution in [2.45, 2.75) is 33.4 Å². The van der Waals surface area contributed by atoms with Crippen molar-refractivity contribution in [1.82, 2.24) is 14.8 Å². The van der Waals surface area contributed by atoms with Gasteiger partial charge in [0, 0.05) is 16.9 Å². The number of hydrogen-bond acceptors (Lipinski definition) is 5. The zero-order chi connectivity index (χ0) is 25.2. The van der Waals surface area contributed by atoms with Gasteiger partial charge in [-0.3, -0.25) is 4.79 Å². The van der Waals surface area contributed by atoms with E-state index in [0.717, 1.165) is 22.4 Å². The lowest BCUT2D eigenvalue weighted by atomic mass is 9.94. The smallest absolute Gasteiger partial charge is 0.255 e. The second kappa shape index (κ2) is 9.65.